The van der Waals surface area contributed by atoms with Crippen LogP contribution in [0, 0.1) is 5.92 Å². The zero-order valence-corrected chi connectivity index (χ0v) is 6.25. The summed E-state index contributed by atoms with van der Waals surface area (Å²) >= 11 is 0. The number of azide groups is 1. The van der Waals surface area contributed by atoms with Gasteiger partial charge in [-0.15, -0.1) is 0 Å². The van der Waals surface area contributed by atoms with E-state index in [1.165, 1.54) is 0 Å². The Morgan fingerprint density at radius 1 is 1.75 bits per heavy atom. The van der Waals surface area contributed by atoms with Crippen LogP contribution in [0.3, 0.4) is 0 Å². The molecule has 0 saturated carbocycles. The maximum Gasteiger partial charge on any atom is 0.315 e. The van der Waals surface area contributed by atoms with Gasteiger partial charge in [-0.05, 0) is 18.0 Å². The minimum atomic E-state index is -0.616. The van der Waals surface area contributed by atoms with E-state index in [1.807, 2.05) is 12.2 Å². The van der Waals surface area contributed by atoms with E-state index in [2.05, 4.69) is 10.0 Å². The molecular weight excluding hydrogens is 158 g/mol. The molecule has 1 fully saturated rings. The predicted octanol–water partition coefficient (Wildman–Crippen LogP) is 1.17. The quantitative estimate of drug-likeness (QED) is 0.192. The highest BCUT2D eigenvalue weighted by molar-refractivity contribution is 5.79. The zero-order valence-electron chi connectivity index (χ0n) is 6.25. The van der Waals surface area contributed by atoms with Crippen molar-refractivity contribution in [3.8, 4) is 0 Å². The third kappa shape index (κ3) is 0.871. The molecule has 12 heavy (non-hydrogen) atoms. The van der Waals surface area contributed by atoms with Crippen LogP contribution in [0.1, 0.15) is 6.42 Å². The van der Waals surface area contributed by atoms with Gasteiger partial charge in [0.05, 0.1) is 0 Å². The van der Waals surface area contributed by atoms with E-state index in [0.29, 0.717) is 0 Å². The van der Waals surface area contributed by atoms with Crippen LogP contribution in [0.2, 0.25) is 0 Å². The third-order valence-corrected chi connectivity index (χ3v) is 2.23. The van der Waals surface area contributed by atoms with E-state index >= 15 is 0 Å². The molecule has 1 saturated heterocycles. The standard InChI is InChI=1S/C7H7N3O2/c8-10-9-6-4-2-1-3-5(4)12-7(6)11/h1,3-6H,2H2/t4-,5+,6-/m1/s1. The minimum absolute atomic E-state index is 0.0356. The van der Waals surface area contributed by atoms with Crippen molar-refractivity contribution in [2.45, 2.75) is 18.6 Å². The first kappa shape index (κ1) is 7.18. The highest BCUT2D eigenvalue weighted by atomic mass is 16.6. The van der Waals surface area contributed by atoms with Crippen molar-refractivity contribution in [1.29, 1.82) is 0 Å². The summed E-state index contributed by atoms with van der Waals surface area (Å²) in [6.07, 6.45) is 4.39. The fourth-order valence-electron chi connectivity index (χ4n) is 1.65. The molecular formula is C7H7N3O2. The first-order valence-electron chi connectivity index (χ1n) is 3.74. The van der Waals surface area contributed by atoms with E-state index in [9.17, 15) is 4.79 Å². The number of hydrogen-bond acceptors (Lipinski definition) is 3. The lowest BCUT2D eigenvalue weighted by Crippen LogP contribution is -2.19. The van der Waals surface area contributed by atoms with Gasteiger partial charge in [0.25, 0.3) is 0 Å². The first-order valence-corrected chi connectivity index (χ1v) is 3.74. The number of carbonyl (C=O) groups excluding carboxylic acids is 1. The second-order valence-electron chi connectivity index (χ2n) is 2.88. The Hall–Kier alpha value is -1.48. The number of rotatable bonds is 1. The molecule has 1 aliphatic heterocycles. The van der Waals surface area contributed by atoms with E-state index in [0.717, 1.165) is 6.42 Å². The second-order valence-corrected chi connectivity index (χ2v) is 2.88. The smallest absolute Gasteiger partial charge is 0.315 e. The molecule has 0 N–H and O–H groups in total. The van der Waals surface area contributed by atoms with Crippen molar-refractivity contribution in [2.24, 2.45) is 11.0 Å². The lowest BCUT2D eigenvalue weighted by molar-refractivity contribution is -0.140. The van der Waals surface area contributed by atoms with E-state index in [1.54, 1.807) is 0 Å². The third-order valence-electron chi connectivity index (χ3n) is 2.23. The molecule has 0 aromatic heterocycles. The van der Waals surface area contributed by atoms with E-state index in [4.69, 9.17) is 10.3 Å². The van der Waals surface area contributed by atoms with Crippen LogP contribution in [0.5, 0.6) is 0 Å². The minimum Gasteiger partial charge on any atom is -0.457 e. The van der Waals surface area contributed by atoms with Crippen molar-refractivity contribution in [3.05, 3.63) is 22.6 Å². The Morgan fingerprint density at radius 3 is 3.33 bits per heavy atom. The largest absolute Gasteiger partial charge is 0.457 e. The van der Waals surface area contributed by atoms with E-state index < -0.39 is 12.0 Å². The summed E-state index contributed by atoms with van der Waals surface area (Å²) in [4.78, 5) is 13.7. The summed E-state index contributed by atoms with van der Waals surface area (Å²) in [7, 11) is 0. The van der Waals surface area contributed by atoms with Crippen LogP contribution in [0.25, 0.3) is 10.4 Å². The molecule has 62 valence electrons. The molecule has 0 spiro atoms. The fraction of sp³-hybridized carbons (Fsp3) is 0.571. The first-order chi connectivity index (χ1) is 5.83. The number of nitrogens with zero attached hydrogens (tertiary/aromatic N) is 3. The van der Waals surface area contributed by atoms with Gasteiger partial charge in [0.2, 0.25) is 0 Å². The Morgan fingerprint density at radius 2 is 2.58 bits per heavy atom. The Kier molecular flexibility index (Phi) is 1.52. The molecule has 1 aliphatic carbocycles. The molecule has 0 aromatic rings. The van der Waals surface area contributed by atoms with Crippen LogP contribution in [-0.4, -0.2) is 18.1 Å². The monoisotopic (exact) mass is 165 g/mol. The maximum atomic E-state index is 11.1. The van der Waals surface area contributed by atoms with Crippen LogP contribution in [0.4, 0.5) is 0 Å². The van der Waals surface area contributed by atoms with Gasteiger partial charge in [0, 0.05) is 10.8 Å². The molecule has 5 heteroatoms. The second kappa shape index (κ2) is 2.53. The Balaban J connectivity index is 2.24. The van der Waals surface area contributed by atoms with Gasteiger partial charge >= 0.3 is 5.97 Å². The molecule has 5 nitrogen and oxygen atoms in total. The molecule has 0 amide bonds. The van der Waals surface area contributed by atoms with Crippen molar-refractivity contribution in [2.75, 3.05) is 0 Å². The summed E-state index contributed by atoms with van der Waals surface area (Å²) in [6.45, 7) is 0. The number of carbonyl (C=O) groups is 1. The van der Waals surface area contributed by atoms with Crippen molar-refractivity contribution < 1.29 is 9.53 Å². The molecule has 2 aliphatic rings. The average Bonchev–Trinajstić information content (AvgIpc) is 2.56. The van der Waals surface area contributed by atoms with Gasteiger partial charge in [0.15, 0.2) is 0 Å². The average molecular weight is 165 g/mol. The molecule has 2 rings (SSSR count). The van der Waals surface area contributed by atoms with Gasteiger partial charge in [-0.2, -0.15) is 0 Å². The van der Waals surface area contributed by atoms with Gasteiger partial charge in [-0.1, -0.05) is 11.2 Å². The van der Waals surface area contributed by atoms with Gasteiger partial charge < -0.3 is 4.74 Å². The number of esters is 1. The van der Waals surface area contributed by atoms with Crippen LogP contribution >= 0.6 is 0 Å². The van der Waals surface area contributed by atoms with Crippen LogP contribution in [-0.2, 0) is 9.53 Å². The highest BCUT2D eigenvalue weighted by Gasteiger charge is 2.44. The molecule has 0 aromatic carbocycles. The Labute approximate surface area is 68.6 Å². The Bertz CT molecular complexity index is 293. The SMILES string of the molecule is [N-]=[N+]=N[C@H]1C(=O)O[C@H]2C=CC[C@H]21. The summed E-state index contributed by atoms with van der Waals surface area (Å²) in [5.74, 6) is -0.361. The molecule has 3 atom stereocenters. The summed E-state index contributed by atoms with van der Waals surface area (Å²) in [5.41, 5.74) is 8.19. The summed E-state index contributed by atoms with van der Waals surface area (Å²) < 4.78 is 4.96. The van der Waals surface area contributed by atoms with Crippen molar-refractivity contribution in [1.82, 2.24) is 0 Å². The molecule has 0 unspecified atom stereocenters. The zero-order chi connectivity index (χ0) is 8.55. The number of ether oxygens (including phenoxy) is 1. The molecule has 0 bridgehead atoms. The van der Waals surface area contributed by atoms with Gasteiger partial charge in [-0.3, -0.25) is 4.79 Å². The lowest BCUT2D eigenvalue weighted by Gasteiger charge is -2.06. The van der Waals surface area contributed by atoms with E-state index in [-0.39, 0.29) is 12.0 Å². The predicted molar refractivity (Wildman–Crippen MR) is 40.1 cm³/mol. The molecule has 0 radical (unpaired) electrons. The van der Waals surface area contributed by atoms with Crippen molar-refractivity contribution >= 4 is 5.97 Å². The lowest BCUT2D eigenvalue weighted by atomic mass is 9.99. The van der Waals surface area contributed by atoms with Gasteiger partial charge in [-0.25, -0.2) is 0 Å². The summed E-state index contributed by atoms with van der Waals surface area (Å²) in [5, 5.41) is 3.41. The normalized spacial score (nSPS) is 37.3. The maximum absolute atomic E-state index is 11.1. The summed E-state index contributed by atoms with van der Waals surface area (Å²) in [6, 6.07) is -0.616. The van der Waals surface area contributed by atoms with Crippen molar-refractivity contribution in [3.63, 3.8) is 0 Å². The fourth-order valence-corrected chi connectivity index (χ4v) is 1.65. The number of allylic oxidation sites excluding steroid dienone is 1. The molecule has 1 heterocycles. The topological polar surface area (TPSA) is 75.1 Å². The number of hydrogen-bond donors (Lipinski definition) is 0. The van der Waals surface area contributed by atoms with Crippen LogP contribution in [0.15, 0.2) is 17.3 Å². The van der Waals surface area contributed by atoms with Gasteiger partial charge in [0.1, 0.15) is 12.1 Å². The number of fused-ring (bicyclic) bond motifs is 1. The van der Waals surface area contributed by atoms with Crippen LogP contribution < -0.4 is 0 Å². The highest BCUT2D eigenvalue weighted by Crippen LogP contribution is 2.33.